The summed E-state index contributed by atoms with van der Waals surface area (Å²) in [4.78, 5) is 12.2. The van der Waals surface area contributed by atoms with Crippen LogP contribution in [0.2, 0.25) is 0 Å². The quantitative estimate of drug-likeness (QED) is 0.430. The van der Waals surface area contributed by atoms with Crippen molar-refractivity contribution in [2.75, 3.05) is 42.0 Å². The molecule has 2 aromatic carbocycles. The topological polar surface area (TPSA) is 116 Å². The van der Waals surface area contributed by atoms with Crippen LogP contribution < -0.4 is 24.4 Å². The van der Waals surface area contributed by atoms with Crippen molar-refractivity contribution in [3.63, 3.8) is 0 Å². The molecular formula is C20H25N3O7S. The number of sulfonamides is 1. The van der Waals surface area contributed by atoms with E-state index in [1.54, 1.807) is 18.2 Å². The number of hydrogen-bond donors (Lipinski definition) is 1. The van der Waals surface area contributed by atoms with Crippen molar-refractivity contribution in [2.24, 2.45) is 5.10 Å². The number of benzene rings is 2. The number of amides is 1. The summed E-state index contributed by atoms with van der Waals surface area (Å²) in [6, 6.07) is 9.38. The van der Waals surface area contributed by atoms with Gasteiger partial charge in [-0.05, 0) is 24.3 Å². The number of nitrogens with zero attached hydrogens (tertiary/aromatic N) is 2. The van der Waals surface area contributed by atoms with Gasteiger partial charge in [-0.3, -0.25) is 4.79 Å². The molecule has 0 radical (unpaired) electrons. The summed E-state index contributed by atoms with van der Waals surface area (Å²) < 4.78 is 47.2. The van der Waals surface area contributed by atoms with Gasteiger partial charge in [0.2, 0.25) is 10.0 Å². The number of hydrogen-bond acceptors (Lipinski definition) is 8. The molecule has 0 aliphatic heterocycles. The zero-order valence-electron chi connectivity index (χ0n) is 17.9. The van der Waals surface area contributed by atoms with E-state index in [0.717, 1.165) is 4.31 Å². The minimum atomic E-state index is -3.94. The molecule has 1 N–H and O–H groups in total. The lowest BCUT2D eigenvalue weighted by Gasteiger charge is -2.17. The standard InChI is InChI=1S/C20H25N3O7S/c1-23(31(25,26)15-9-10-16(27-2)18(11-15)29-4)13-19(24)22-21-12-14-7-6-8-17(28-3)20(14)30-5/h6-12H,13H2,1-5H3,(H,22,24)/b21-12-. The van der Waals surface area contributed by atoms with Gasteiger partial charge >= 0.3 is 0 Å². The maximum absolute atomic E-state index is 12.8. The molecule has 11 heteroatoms. The average Bonchev–Trinajstić information content (AvgIpc) is 2.77. The first-order valence-corrected chi connectivity index (χ1v) is 10.4. The normalized spacial score (nSPS) is 11.4. The van der Waals surface area contributed by atoms with Gasteiger partial charge < -0.3 is 18.9 Å². The first kappa shape index (κ1) is 24.0. The molecular weight excluding hydrogens is 426 g/mol. The Balaban J connectivity index is 2.08. The third-order valence-electron chi connectivity index (χ3n) is 4.26. The maximum Gasteiger partial charge on any atom is 0.255 e. The Bertz CT molecular complexity index is 1050. The lowest BCUT2D eigenvalue weighted by molar-refractivity contribution is -0.121. The Morgan fingerprint density at radius 1 is 1.00 bits per heavy atom. The first-order chi connectivity index (χ1) is 14.8. The predicted octanol–water partition coefficient (Wildman–Crippen LogP) is 1.49. The van der Waals surface area contributed by atoms with Gasteiger partial charge in [-0.1, -0.05) is 6.07 Å². The van der Waals surface area contributed by atoms with Gasteiger partial charge in [-0.15, -0.1) is 0 Å². The van der Waals surface area contributed by atoms with Crippen LogP contribution in [0.25, 0.3) is 0 Å². The van der Waals surface area contributed by atoms with Crippen LogP contribution in [-0.4, -0.2) is 66.9 Å². The molecule has 31 heavy (non-hydrogen) atoms. The summed E-state index contributed by atoms with van der Waals surface area (Å²) in [5.74, 6) is 1.00. The fourth-order valence-corrected chi connectivity index (χ4v) is 3.81. The second-order valence-electron chi connectivity index (χ2n) is 6.15. The van der Waals surface area contributed by atoms with Crippen molar-refractivity contribution >= 4 is 22.1 Å². The molecule has 0 aliphatic rings. The van der Waals surface area contributed by atoms with E-state index in [1.165, 1.54) is 59.9 Å². The van der Waals surface area contributed by atoms with Crippen LogP contribution in [0.15, 0.2) is 46.4 Å². The highest BCUT2D eigenvalue weighted by Crippen LogP contribution is 2.30. The van der Waals surface area contributed by atoms with Gasteiger partial charge in [0.15, 0.2) is 23.0 Å². The third kappa shape index (κ3) is 5.64. The number of hydrazone groups is 1. The lowest BCUT2D eigenvalue weighted by atomic mass is 10.2. The molecule has 10 nitrogen and oxygen atoms in total. The molecule has 0 aromatic heterocycles. The summed E-state index contributed by atoms with van der Waals surface area (Å²) in [6.07, 6.45) is 1.38. The van der Waals surface area contributed by atoms with Gasteiger partial charge in [-0.25, -0.2) is 13.8 Å². The second-order valence-corrected chi connectivity index (χ2v) is 8.20. The molecule has 0 bridgehead atoms. The van der Waals surface area contributed by atoms with Crippen LogP contribution in [0.5, 0.6) is 23.0 Å². The monoisotopic (exact) mass is 451 g/mol. The van der Waals surface area contributed by atoms with E-state index in [2.05, 4.69) is 10.5 Å². The Hall–Kier alpha value is -3.31. The Morgan fingerprint density at radius 3 is 2.29 bits per heavy atom. The zero-order valence-corrected chi connectivity index (χ0v) is 18.7. The summed E-state index contributed by atoms with van der Waals surface area (Å²) >= 11 is 0. The number of carbonyl (C=O) groups excluding carboxylic acids is 1. The van der Waals surface area contributed by atoms with E-state index in [1.807, 2.05) is 0 Å². The first-order valence-electron chi connectivity index (χ1n) is 8.99. The van der Waals surface area contributed by atoms with E-state index >= 15 is 0 Å². The zero-order chi connectivity index (χ0) is 23.0. The molecule has 0 saturated carbocycles. The summed E-state index contributed by atoms with van der Waals surface area (Å²) in [7, 11) is 3.20. The number of likely N-dealkylation sites (N-methyl/N-ethyl adjacent to an activating group) is 1. The fourth-order valence-electron chi connectivity index (χ4n) is 2.67. The number of carbonyl (C=O) groups is 1. The van der Waals surface area contributed by atoms with Gasteiger partial charge in [0.05, 0.1) is 46.1 Å². The number of nitrogens with one attached hydrogen (secondary N) is 1. The predicted molar refractivity (Wildman–Crippen MR) is 115 cm³/mol. The van der Waals surface area contributed by atoms with Crippen LogP contribution in [-0.2, 0) is 14.8 Å². The van der Waals surface area contributed by atoms with E-state index < -0.39 is 22.5 Å². The minimum absolute atomic E-state index is 0.0370. The smallest absolute Gasteiger partial charge is 0.255 e. The van der Waals surface area contributed by atoms with Crippen molar-refractivity contribution < 1.29 is 32.2 Å². The van der Waals surface area contributed by atoms with Crippen LogP contribution in [0.3, 0.4) is 0 Å². The van der Waals surface area contributed by atoms with Crippen molar-refractivity contribution in [3.8, 4) is 23.0 Å². The minimum Gasteiger partial charge on any atom is -0.493 e. The molecule has 2 aromatic rings. The Morgan fingerprint density at radius 2 is 1.68 bits per heavy atom. The van der Waals surface area contributed by atoms with Gasteiger partial charge in [0.25, 0.3) is 5.91 Å². The number of methoxy groups -OCH3 is 4. The van der Waals surface area contributed by atoms with Crippen LogP contribution >= 0.6 is 0 Å². The van der Waals surface area contributed by atoms with Crippen molar-refractivity contribution in [2.45, 2.75) is 4.90 Å². The molecule has 0 atom stereocenters. The highest BCUT2D eigenvalue weighted by atomic mass is 32.2. The van der Waals surface area contributed by atoms with Gasteiger partial charge in [0.1, 0.15) is 0 Å². The number of para-hydroxylation sites is 1. The van der Waals surface area contributed by atoms with E-state index in [-0.39, 0.29) is 10.6 Å². The summed E-state index contributed by atoms with van der Waals surface area (Å²) in [6.45, 7) is -0.441. The molecule has 0 saturated heterocycles. The average molecular weight is 452 g/mol. The molecule has 2 rings (SSSR count). The molecule has 0 aliphatic carbocycles. The molecule has 0 heterocycles. The van der Waals surface area contributed by atoms with Crippen molar-refractivity contribution in [3.05, 3.63) is 42.0 Å². The van der Waals surface area contributed by atoms with E-state index in [9.17, 15) is 13.2 Å². The largest absolute Gasteiger partial charge is 0.493 e. The highest BCUT2D eigenvalue weighted by molar-refractivity contribution is 7.89. The van der Waals surface area contributed by atoms with Gasteiger partial charge in [0, 0.05) is 18.7 Å². The van der Waals surface area contributed by atoms with Gasteiger partial charge in [-0.2, -0.15) is 9.41 Å². The Kier molecular flexibility index (Phi) is 8.22. The number of rotatable bonds is 10. The number of ether oxygens (including phenoxy) is 4. The summed E-state index contributed by atoms with van der Waals surface area (Å²) in [5, 5.41) is 3.87. The molecule has 168 valence electrons. The van der Waals surface area contributed by atoms with Crippen LogP contribution in [0, 0.1) is 0 Å². The lowest BCUT2D eigenvalue weighted by Crippen LogP contribution is -2.36. The van der Waals surface area contributed by atoms with Crippen LogP contribution in [0.1, 0.15) is 5.56 Å². The van der Waals surface area contributed by atoms with Crippen molar-refractivity contribution in [1.82, 2.24) is 9.73 Å². The van der Waals surface area contributed by atoms with E-state index in [4.69, 9.17) is 18.9 Å². The van der Waals surface area contributed by atoms with Crippen LogP contribution in [0.4, 0.5) is 0 Å². The highest BCUT2D eigenvalue weighted by Gasteiger charge is 2.24. The molecule has 0 unspecified atom stereocenters. The molecule has 0 fully saturated rings. The van der Waals surface area contributed by atoms with Crippen molar-refractivity contribution in [1.29, 1.82) is 0 Å². The van der Waals surface area contributed by atoms with E-state index in [0.29, 0.717) is 22.8 Å². The third-order valence-corrected chi connectivity index (χ3v) is 6.06. The molecule has 0 spiro atoms. The SMILES string of the molecule is COc1ccc(S(=O)(=O)N(C)CC(=O)N/N=C\c2cccc(OC)c2OC)cc1OC. The fraction of sp³-hybridized carbons (Fsp3) is 0.300. The maximum atomic E-state index is 12.8. The Labute approximate surface area is 181 Å². The second kappa shape index (κ2) is 10.6. The summed E-state index contributed by atoms with van der Waals surface area (Å²) in [5.41, 5.74) is 2.88. The molecule has 1 amide bonds.